The Hall–Kier alpha value is -0.220. The van der Waals surface area contributed by atoms with Gasteiger partial charge in [-0.3, -0.25) is 9.36 Å². The Morgan fingerprint density at radius 1 is 1.47 bits per heavy atom. The predicted molar refractivity (Wildman–Crippen MR) is 56.8 cm³/mol. The molecule has 0 fully saturated rings. The van der Waals surface area contributed by atoms with Gasteiger partial charge in [0.05, 0.1) is 19.4 Å². The van der Waals surface area contributed by atoms with Crippen molar-refractivity contribution in [3.63, 3.8) is 0 Å². The molecular weight excluding hydrogens is 219 g/mol. The maximum absolute atomic E-state index is 11.3. The molecule has 0 aliphatic carbocycles. The van der Waals surface area contributed by atoms with E-state index in [1.165, 1.54) is 6.92 Å². The lowest BCUT2D eigenvalue weighted by Gasteiger charge is -2.24. The van der Waals surface area contributed by atoms with Crippen LogP contribution in [0.2, 0.25) is 0 Å². The highest BCUT2D eigenvalue weighted by atomic mass is 31.2. The van der Waals surface area contributed by atoms with Crippen molar-refractivity contribution in [1.82, 2.24) is 0 Å². The summed E-state index contributed by atoms with van der Waals surface area (Å²) in [7, 11) is -3.99. The van der Waals surface area contributed by atoms with E-state index in [4.69, 9.17) is 14.5 Å². The van der Waals surface area contributed by atoms with Crippen molar-refractivity contribution in [3.05, 3.63) is 0 Å². The largest absolute Gasteiger partial charge is 0.380 e. The fraction of sp³-hybridized carbons (Fsp3) is 0.889. The number of hydrogen-bond donors (Lipinski definition) is 2. The number of Topliss-reactive ketones (excluding diaryl/α,β-unsaturated/α-hetero) is 1. The topological polar surface area (TPSA) is 83.8 Å². The molecule has 0 saturated carbocycles. The molecule has 0 aromatic carbocycles. The fourth-order valence-electron chi connectivity index (χ4n) is 0.934. The molecule has 15 heavy (non-hydrogen) atoms. The molecule has 0 aromatic heterocycles. The average molecular weight is 238 g/mol. The van der Waals surface area contributed by atoms with Crippen LogP contribution >= 0.6 is 7.60 Å². The van der Waals surface area contributed by atoms with Crippen LogP contribution in [0.15, 0.2) is 0 Å². The summed E-state index contributed by atoms with van der Waals surface area (Å²) in [5.41, 5.74) is -0.547. The zero-order valence-corrected chi connectivity index (χ0v) is 10.3. The van der Waals surface area contributed by atoms with Gasteiger partial charge in [0.2, 0.25) is 0 Å². The lowest BCUT2D eigenvalue weighted by atomic mass is 9.85. The SMILES string of the molecule is CC[C@](C)(COCCP(=O)(O)O)C(C)=O. The normalized spacial score (nSPS) is 16.1. The molecule has 0 radical (unpaired) electrons. The van der Waals surface area contributed by atoms with Gasteiger partial charge in [0, 0.05) is 5.41 Å². The molecule has 0 heterocycles. The molecule has 1 atom stereocenters. The smallest absolute Gasteiger partial charge is 0.327 e. The van der Waals surface area contributed by atoms with Crippen LogP contribution in [0.5, 0.6) is 0 Å². The van der Waals surface area contributed by atoms with Crippen molar-refractivity contribution in [2.75, 3.05) is 19.4 Å². The highest BCUT2D eigenvalue weighted by Gasteiger charge is 2.28. The average Bonchev–Trinajstić information content (AvgIpc) is 2.10. The molecular formula is C9H19O5P. The summed E-state index contributed by atoms with van der Waals surface area (Å²) in [5.74, 6) is 0.0289. The summed E-state index contributed by atoms with van der Waals surface area (Å²) >= 11 is 0. The third-order valence-corrected chi connectivity index (χ3v) is 3.34. The van der Waals surface area contributed by atoms with Gasteiger partial charge in [0.15, 0.2) is 0 Å². The van der Waals surface area contributed by atoms with Crippen LogP contribution in [0.4, 0.5) is 0 Å². The van der Waals surface area contributed by atoms with E-state index in [2.05, 4.69) is 0 Å². The van der Waals surface area contributed by atoms with Crippen LogP contribution in [0.1, 0.15) is 27.2 Å². The van der Waals surface area contributed by atoms with Crippen LogP contribution in [-0.2, 0) is 14.1 Å². The molecule has 5 nitrogen and oxygen atoms in total. The molecule has 6 heteroatoms. The van der Waals surface area contributed by atoms with Gasteiger partial charge in [-0.15, -0.1) is 0 Å². The molecule has 2 N–H and O–H groups in total. The molecule has 0 aromatic rings. The Morgan fingerprint density at radius 2 is 2.00 bits per heavy atom. The van der Waals surface area contributed by atoms with Crippen molar-refractivity contribution in [2.24, 2.45) is 5.41 Å². The second kappa shape index (κ2) is 5.75. The predicted octanol–water partition coefficient (Wildman–Crippen LogP) is 1.19. The van der Waals surface area contributed by atoms with Gasteiger partial charge < -0.3 is 14.5 Å². The van der Waals surface area contributed by atoms with Crippen molar-refractivity contribution in [1.29, 1.82) is 0 Å². The first kappa shape index (κ1) is 14.8. The Kier molecular flexibility index (Phi) is 5.67. The lowest BCUT2D eigenvalue weighted by Crippen LogP contribution is -2.30. The zero-order chi connectivity index (χ0) is 12.1. The Bertz CT molecular complexity index is 259. The van der Waals surface area contributed by atoms with Gasteiger partial charge >= 0.3 is 7.60 Å². The first-order valence-electron chi connectivity index (χ1n) is 4.84. The summed E-state index contributed by atoms with van der Waals surface area (Å²) < 4.78 is 15.6. The number of carbonyl (C=O) groups is 1. The van der Waals surface area contributed by atoms with Gasteiger partial charge in [-0.2, -0.15) is 0 Å². The Morgan fingerprint density at radius 3 is 2.33 bits per heavy atom. The van der Waals surface area contributed by atoms with E-state index < -0.39 is 13.0 Å². The van der Waals surface area contributed by atoms with Crippen molar-refractivity contribution < 1.29 is 23.9 Å². The van der Waals surface area contributed by atoms with E-state index in [0.29, 0.717) is 6.42 Å². The van der Waals surface area contributed by atoms with E-state index in [9.17, 15) is 9.36 Å². The second-order valence-corrected chi connectivity index (χ2v) is 5.69. The molecule has 0 spiro atoms. The highest BCUT2D eigenvalue weighted by molar-refractivity contribution is 7.51. The molecule has 0 rings (SSSR count). The number of rotatable bonds is 7. The lowest BCUT2D eigenvalue weighted by molar-refractivity contribution is -0.129. The van der Waals surface area contributed by atoms with Crippen LogP contribution in [0, 0.1) is 5.41 Å². The molecule has 0 aliphatic heterocycles. The van der Waals surface area contributed by atoms with Crippen molar-refractivity contribution in [3.8, 4) is 0 Å². The molecule has 0 unspecified atom stereocenters. The van der Waals surface area contributed by atoms with E-state index in [0.717, 1.165) is 0 Å². The van der Waals surface area contributed by atoms with E-state index in [1.54, 1.807) is 6.92 Å². The van der Waals surface area contributed by atoms with Gasteiger partial charge in [-0.05, 0) is 13.3 Å². The first-order chi connectivity index (χ1) is 6.71. The maximum atomic E-state index is 11.3. The second-order valence-electron chi connectivity index (χ2n) is 3.91. The maximum Gasteiger partial charge on any atom is 0.327 e. The Labute approximate surface area is 90.0 Å². The summed E-state index contributed by atoms with van der Waals surface area (Å²) in [5, 5.41) is 0. The Balaban J connectivity index is 3.94. The van der Waals surface area contributed by atoms with Crippen LogP contribution in [0.3, 0.4) is 0 Å². The fourth-order valence-corrected chi connectivity index (χ4v) is 1.30. The minimum absolute atomic E-state index is 0.0207. The van der Waals surface area contributed by atoms with E-state index >= 15 is 0 Å². The van der Waals surface area contributed by atoms with E-state index in [-0.39, 0.29) is 25.2 Å². The number of ether oxygens (including phenoxy) is 1. The third kappa shape index (κ3) is 6.05. The molecule has 0 bridgehead atoms. The highest BCUT2D eigenvalue weighted by Crippen LogP contribution is 2.33. The zero-order valence-electron chi connectivity index (χ0n) is 9.39. The number of hydrogen-bond acceptors (Lipinski definition) is 3. The van der Waals surface area contributed by atoms with Crippen LogP contribution < -0.4 is 0 Å². The standard InChI is InChI=1S/C9H19O5P/c1-4-9(3,8(2)10)7-14-5-6-15(11,12)13/h4-7H2,1-3H3,(H2,11,12,13)/t9-/m1/s1. The number of ketones is 1. The van der Waals surface area contributed by atoms with Gasteiger partial charge in [-0.1, -0.05) is 13.8 Å². The summed E-state index contributed by atoms with van der Waals surface area (Å²) in [6.07, 6.45) is 0.350. The summed E-state index contributed by atoms with van der Waals surface area (Å²) in [4.78, 5) is 28.4. The summed E-state index contributed by atoms with van der Waals surface area (Å²) in [6.45, 7) is 5.35. The van der Waals surface area contributed by atoms with Crippen molar-refractivity contribution >= 4 is 13.4 Å². The first-order valence-corrected chi connectivity index (χ1v) is 6.64. The summed E-state index contributed by atoms with van der Waals surface area (Å²) in [6, 6.07) is 0. The monoisotopic (exact) mass is 238 g/mol. The third-order valence-electron chi connectivity index (χ3n) is 2.58. The quantitative estimate of drug-likeness (QED) is 0.514. The number of carbonyl (C=O) groups excluding carboxylic acids is 1. The van der Waals surface area contributed by atoms with Crippen LogP contribution in [-0.4, -0.2) is 34.9 Å². The molecule has 0 amide bonds. The van der Waals surface area contributed by atoms with Gasteiger partial charge in [0.25, 0.3) is 0 Å². The van der Waals surface area contributed by atoms with Gasteiger partial charge in [-0.25, -0.2) is 0 Å². The molecule has 0 aliphatic rings. The molecule has 90 valence electrons. The van der Waals surface area contributed by atoms with Gasteiger partial charge in [0.1, 0.15) is 5.78 Å². The molecule has 0 saturated heterocycles. The minimum Gasteiger partial charge on any atom is -0.380 e. The minimum atomic E-state index is -3.99. The van der Waals surface area contributed by atoms with Crippen LogP contribution in [0.25, 0.3) is 0 Å². The van der Waals surface area contributed by atoms with E-state index in [1.807, 2.05) is 6.92 Å². The van der Waals surface area contributed by atoms with Crippen molar-refractivity contribution in [2.45, 2.75) is 27.2 Å².